The summed E-state index contributed by atoms with van der Waals surface area (Å²) < 4.78 is 0. The molecule has 0 heterocycles. The molecule has 112 valence electrons. The Hall–Kier alpha value is -1.35. The van der Waals surface area contributed by atoms with Gasteiger partial charge in [0.2, 0.25) is 0 Å². The van der Waals surface area contributed by atoms with Crippen LogP contribution in [0.2, 0.25) is 0 Å². The molecule has 1 amide bonds. The van der Waals surface area contributed by atoms with Crippen LogP contribution in [0.1, 0.15) is 61.4 Å². The second-order valence-corrected chi connectivity index (χ2v) is 5.26. The van der Waals surface area contributed by atoms with E-state index in [4.69, 9.17) is 5.73 Å². The summed E-state index contributed by atoms with van der Waals surface area (Å²) in [5, 5.41) is 2.98. The van der Waals surface area contributed by atoms with E-state index in [1.54, 1.807) is 0 Å². The molecule has 0 aliphatic heterocycles. The third-order valence-corrected chi connectivity index (χ3v) is 3.47. The van der Waals surface area contributed by atoms with E-state index in [2.05, 4.69) is 12.2 Å². The maximum Gasteiger partial charge on any atom is 0.251 e. The average molecular weight is 276 g/mol. The highest BCUT2D eigenvalue weighted by Crippen LogP contribution is 2.06. The van der Waals surface area contributed by atoms with E-state index in [-0.39, 0.29) is 5.91 Å². The van der Waals surface area contributed by atoms with Crippen molar-refractivity contribution in [2.24, 2.45) is 5.73 Å². The van der Waals surface area contributed by atoms with Gasteiger partial charge >= 0.3 is 0 Å². The minimum Gasteiger partial charge on any atom is -0.352 e. The Bertz CT molecular complexity index is 373. The Kier molecular flexibility index (Phi) is 8.72. The van der Waals surface area contributed by atoms with Crippen LogP contribution in [0.4, 0.5) is 0 Å². The van der Waals surface area contributed by atoms with E-state index in [0.717, 1.165) is 24.9 Å². The van der Waals surface area contributed by atoms with Crippen molar-refractivity contribution in [3.05, 3.63) is 35.4 Å². The molecule has 0 saturated carbocycles. The monoisotopic (exact) mass is 276 g/mol. The standard InChI is InChI=1S/C17H28N2O/c1-2-3-4-5-6-7-14-19-17(20)16-10-8-15(9-11-16)12-13-18/h8-11H,2-7,12-14,18H2,1H3,(H,19,20). The third kappa shape index (κ3) is 6.71. The number of rotatable bonds is 10. The van der Waals surface area contributed by atoms with E-state index in [1.165, 1.54) is 37.7 Å². The normalized spacial score (nSPS) is 10.5. The van der Waals surface area contributed by atoms with Crippen LogP contribution in [0.5, 0.6) is 0 Å². The number of carbonyl (C=O) groups is 1. The van der Waals surface area contributed by atoms with Crippen LogP contribution in [0.3, 0.4) is 0 Å². The first-order valence-electron chi connectivity index (χ1n) is 7.85. The van der Waals surface area contributed by atoms with Gasteiger partial charge < -0.3 is 11.1 Å². The van der Waals surface area contributed by atoms with E-state index in [9.17, 15) is 4.79 Å². The summed E-state index contributed by atoms with van der Waals surface area (Å²) in [6.45, 7) is 3.64. The van der Waals surface area contributed by atoms with Crippen molar-refractivity contribution in [3.63, 3.8) is 0 Å². The van der Waals surface area contributed by atoms with Gasteiger partial charge in [0.15, 0.2) is 0 Å². The molecule has 0 aliphatic carbocycles. The lowest BCUT2D eigenvalue weighted by Crippen LogP contribution is -2.24. The van der Waals surface area contributed by atoms with Gasteiger partial charge in [0, 0.05) is 12.1 Å². The number of hydrogen-bond donors (Lipinski definition) is 2. The molecule has 0 bridgehead atoms. The Morgan fingerprint density at radius 3 is 2.35 bits per heavy atom. The van der Waals surface area contributed by atoms with Crippen molar-refractivity contribution < 1.29 is 4.79 Å². The van der Waals surface area contributed by atoms with Crippen molar-refractivity contribution in [1.82, 2.24) is 5.32 Å². The van der Waals surface area contributed by atoms with Gasteiger partial charge in [-0.05, 0) is 37.1 Å². The second kappa shape index (κ2) is 10.4. The van der Waals surface area contributed by atoms with Crippen molar-refractivity contribution in [2.75, 3.05) is 13.1 Å². The lowest BCUT2D eigenvalue weighted by molar-refractivity contribution is 0.0953. The van der Waals surface area contributed by atoms with E-state index >= 15 is 0 Å². The molecular weight excluding hydrogens is 248 g/mol. The molecule has 1 aromatic rings. The van der Waals surface area contributed by atoms with Crippen LogP contribution in [0.15, 0.2) is 24.3 Å². The highest BCUT2D eigenvalue weighted by atomic mass is 16.1. The predicted molar refractivity (Wildman–Crippen MR) is 84.9 cm³/mol. The number of hydrogen-bond acceptors (Lipinski definition) is 2. The number of benzene rings is 1. The topological polar surface area (TPSA) is 55.1 Å². The number of carbonyl (C=O) groups excluding carboxylic acids is 1. The van der Waals surface area contributed by atoms with Gasteiger partial charge in [0.25, 0.3) is 5.91 Å². The van der Waals surface area contributed by atoms with Crippen LogP contribution >= 0.6 is 0 Å². The molecule has 20 heavy (non-hydrogen) atoms. The highest BCUT2D eigenvalue weighted by molar-refractivity contribution is 5.94. The lowest BCUT2D eigenvalue weighted by Gasteiger charge is -2.06. The Balaban J connectivity index is 2.18. The van der Waals surface area contributed by atoms with Gasteiger partial charge in [-0.25, -0.2) is 0 Å². The quantitative estimate of drug-likeness (QED) is 0.644. The summed E-state index contributed by atoms with van der Waals surface area (Å²) >= 11 is 0. The first kappa shape index (κ1) is 16.7. The molecule has 0 spiro atoms. The Morgan fingerprint density at radius 2 is 1.70 bits per heavy atom. The Morgan fingerprint density at radius 1 is 1.05 bits per heavy atom. The highest BCUT2D eigenvalue weighted by Gasteiger charge is 2.04. The van der Waals surface area contributed by atoms with Crippen LogP contribution in [-0.4, -0.2) is 19.0 Å². The van der Waals surface area contributed by atoms with Crippen LogP contribution in [0, 0.1) is 0 Å². The summed E-state index contributed by atoms with van der Waals surface area (Å²) in [5.41, 5.74) is 7.42. The summed E-state index contributed by atoms with van der Waals surface area (Å²) in [5.74, 6) is 0.0258. The summed E-state index contributed by atoms with van der Waals surface area (Å²) in [6, 6.07) is 7.71. The Labute approximate surface area is 122 Å². The molecular formula is C17H28N2O. The lowest BCUT2D eigenvalue weighted by atomic mass is 10.1. The maximum atomic E-state index is 11.9. The SMILES string of the molecule is CCCCCCCCNC(=O)c1ccc(CCN)cc1. The number of nitrogens with one attached hydrogen (secondary N) is 1. The minimum absolute atomic E-state index is 0.0258. The molecule has 0 atom stereocenters. The van der Waals surface area contributed by atoms with Crippen LogP contribution < -0.4 is 11.1 Å². The van der Waals surface area contributed by atoms with Gasteiger partial charge in [0.1, 0.15) is 0 Å². The van der Waals surface area contributed by atoms with Crippen molar-refractivity contribution >= 4 is 5.91 Å². The van der Waals surface area contributed by atoms with Gasteiger partial charge in [-0.3, -0.25) is 4.79 Å². The molecule has 0 saturated heterocycles. The second-order valence-electron chi connectivity index (χ2n) is 5.26. The smallest absolute Gasteiger partial charge is 0.251 e. The zero-order valence-electron chi connectivity index (χ0n) is 12.7. The fourth-order valence-electron chi connectivity index (χ4n) is 2.20. The largest absolute Gasteiger partial charge is 0.352 e. The van der Waals surface area contributed by atoms with Crippen molar-refractivity contribution in [1.29, 1.82) is 0 Å². The minimum atomic E-state index is 0.0258. The maximum absolute atomic E-state index is 11.9. The fourth-order valence-corrected chi connectivity index (χ4v) is 2.20. The van der Waals surface area contributed by atoms with Gasteiger partial charge in [-0.2, -0.15) is 0 Å². The van der Waals surface area contributed by atoms with Gasteiger partial charge in [-0.1, -0.05) is 51.2 Å². The molecule has 0 unspecified atom stereocenters. The molecule has 1 aromatic carbocycles. The molecule has 3 nitrogen and oxygen atoms in total. The number of amides is 1. The van der Waals surface area contributed by atoms with Crippen LogP contribution in [-0.2, 0) is 6.42 Å². The molecule has 0 aliphatic rings. The molecule has 3 N–H and O–H groups in total. The van der Waals surface area contributed by atoms with E-state index in [1.807, 2.05) is 24.3 Å². The molecule has 1 rings (SSSR count). The summed E-state index contributed by atoms with van der Waals surface area (Å²) in [6.07, 6.45) is 8.32. The van der Waals surface area contributed by atoms with Crippen molar-refractivity contribution in [2.45, 2.75) is 51.9 Å². The molecule has 3 heteroatoms. The van der Waals surface area contributed by atoms with Gasteiger partial charge in [0.05, 0.1) is 0 Å². The van der Waals surface area contributed by atoms with E-state index in [0.29, 0.717) is 6.54 Å². The first-order valence-corrected chi connectivity index (χ1v) is 7.85. The van der Waals surface area contributed by atoms with Gasteiger partial charge in [-0.15, -0.1) is 0 Å². The third-order valence-electron chi connectivity index (χ3n) is 3.47. The van der Waals surface area contributed by atoms with Crippen molar-refractivity contribution in [3.8, 4) is 0 Å². The summed E-state index contributed by atoms with van der Waals surface area (Å²) in [7, 11) is 0. The average Bonchev–Trinajstić information content (AvgIpc) is 2.47. The zero-order chi connectivity index (χ0) is 14.6. The molecule has 0 fully saturated rings. The zero-order valence-corrected chi connectivity index (χ0v) is 12.7. The first-order chi connectivity index (χ1) is 9.77. The van der Waals surface area contributed by atoms with E-state index < -0.39 is 0 Å². The van der Waals surface area contributed by atoms with Crippen LogP contribution in [0.25, 0.3) is 0 Å². The summed E-state index contributed by atoms with van der Waals surface area (Å²) in [4.78, 5) is 11.9. The predicted octanol–water partition coefficient (Wildman–Crippen LogP) is 3.28. The number of nitrogens with two attached hydrogens (primary N) is 1. The molecule has 0 radical (unpaired) electrons. The fraction of sp³-hybridized carbons (Fsp3) is 0.588. The number of unbranched alkanes of at least 4 members (excludes halogenated alkanes) is 5. The molecule has 0 aromatic heterocycles.